The Bertz CT molecular complexity index is 1110. The van der Waals surface area contributed by atoms with Crippen LogP contribution < -0.4 is 9.47 Å². The molecule has 0 bridgehead atoms. The van der Waals surface area contributed by atoms with Crippen LogP contribution in [0.5, 0.6) is 11.5 Å². The van der Waals surface area contributed by atoms with Gasteiger partial charge in [0.2, 0.25) is 5.91 Å². The van der Waals surface area contributed by atoms with Crippen molar-refractivity contribution < 1.29 is 14.3 Å². The zero-order valence-electron chi connectivity index (χ0n) is 17.2. The van der Waals surface area contributed by atoms with Crippen molar-refractivity contribution in [1.29, 1.82) is 0 Å². The molecule has 0 spiro atoms. The number of carbonyl (C=O) groups is 1. The first-order valence-corrected chi connectivity index (χ1v) is 10.2. The fourth-order valence-electron chi connectivity index (χ4n) is 4.95. The summed E-state index contributed by atoms with van der Waals surface area (Å²) < 4.78 is 10.9. The molecule has 1 fully saturated rings. The molecule has 2 aromatic carbocycles. The average Bonchev–Trinajstić information content (AvgIpc) is 3.47. The molecule has 5 nitrogen and oxygen atoms in total. The topological polar surface area (TPSA) is 54.6 Å². The highest BCUT2D eigenvalue weighted by Gasteiger charge is 2.55. The minimum Gasteiger partial charge on any atom is -0.493 e. The number of nitrogens with one attached hydrogen (secondary N) is 1. The summed E-state index contributed by atoms with van der Waals surface area (Å²) in [7, 11) is 3.30. The SMILES string of the molecule is COc1cc2c(cc1OC)CN(C(=O)C1(c3c(C)[nH]c4ccccc34)CC1)CC2. The van der Waals surface area contributed by atoms with Crippen molar-refractivity contribution in [2.45, 2.75) is 38.1 Å². The van der Waals surface area contributed by atoms with Crippen LogP contribution in [0.1, 0.15) is 35.2 Å². The number of fused-ring (bicyclic) bond motifs is 2. The van der Waals surface area contributed by atoms with Crippen molar-refractivity contribution in [2.24, 2.45) is 0 Å². The number of methoxy groups -OCH3 is 2. The van der Waals surface area contributed by atoms with E-state index in [9.17, 15) is 4.79 Å². The Hall–Kier alpha value is -2.95. The van der Waals surface area contributed by atoms with E-state index in [-0.39, 0.29) is 11.3 Å². The summed E-state index contributed by atoms with van der Waals surface area (Å²) >= 11 is 0. The summed E-state index contributed by atoms with van der Waals surface area (Å²) in [5, 5.41) is 1.18. The number of rotatable bonds is 4. The molecule has 0 unspecified atom stereocenters. The van der Waals surface area contributed by atoms with Crippen molar-refractivity contribution in [2.75, 3.05) is 20.8 Å². The van der Waals surface area contributed by atoms with Crippen LogP contribution in [0, 0.1) is 6.92 Å². The highest BCUT2D eigenvalue weighted by Crippen LogP contribution is 2.53. The van der Waals surface area contributed by atoms with Gasteiger partial charge in [-0.15, -0.1) is 0 Å². The number of para-hydroxylation sites is 1. The maximum absolute atomic E-state index is 13.7. The normalized spacial score (nSPS) is 17.1. The quantitative estimate of drug-likeness (QED) is 0.729. The molecule has 2 heterocycles. The second-order valence-corrected chi connectivity index (χ2v) is 8.21. The minimum absolute atomic E-state index is 0.255. The van der Waals surface area contributed by atoms with Crippen molar-refractivity contribution >= 4 is 16.8 Å². The lowest BCUT2D eigenvalue weighted by Crippen LogP contribution is -2.42. The van der Waals surface area contributed by atoms with Crippen molar-refractivity contribution in [3.8, 4) is 11.5 Å². The molecule has 0 radical (unpaired) electrons. The predicted octanol–water partition coefficient (Wildman–Crippen LogP) is 4.11. The molecule has 3 aromatic rings. The smallest absolute Gasteiger partial charge is 0.233 e. The third-order valence-corrected chi connectivity index (χ3v) is 6.54. The summed E-state index contributed by atoms with van der Waals surface area (Å²) in [5.41, 5.74) is 5.42. The van der Waals surface area contributed by atoms with E-state index in [4.69, 9.17) is 9.47 Å². The van der Waals surface area contributed by atoms with Gasteiger partial charge in [-0.1, -0.05) is 18.2 Å². The highest BCUT2D eigenvalue weighted by atomic mass is 16.5. The number of aryl methyl sites for hydroxylation is 1. The van der Waals surface area contributed by atoms with Crippen LogP contribution in [0.3, 0.4) is 0 Å². The summed E-state index contributed by atoms with van der Waals surface area (Å²) in [6, 6.07) is 12.4. The van der Waals surface area contributed by atoms with Gasteiger partial charge in [-0.2, -0.15) is 0 Å². The molecule has 5 rings (SSSR count). The minimum atomic E-state index is -0.377. The van der Waals surface area contributed by atoms with E-state index in [1.54, 1.807) is 14.2 Å². The molecule has 29 heavy (non-hydrogen) atoms. The van der Waals surface area contributed by atoms with Crippen molar-refractivity contribution in [3.05, 3.63) is 58.8 Å². The molecule has 5 heteroatoms. The van der Waals surface area contributed by atoms with Gasteiger partial charge in [-0.05, 0) is 61.1 Å². The van der Waals surface area contributed by atoms with Gasteiger partial charge in [0, 0.05) is 29.7 Å². The van der Waals surface area contributed by atoms with Crippen LogP contribution in [0.25, 0.3) is 10.9 Å². The lowest BCUT2D eigenvalue weighted by Gasteiger charge is -2.33. The van der Waals surface area contributed by atoms with Crippen LogP contribution in [-0.4, -0.2) is 36.6 Å². The molecular weight excluding hydrogens is 364 g/mol. The van der Waals surface area contributed by atoms with Gasteiger partial charge < -0.3 is 19.4 Å². The maximum Gasteiger partial charge on any atom is 0.233 e. The van der Waals surface area contributed by atoms with E-state index in [1.807, 2.05) is 23.1 Å². The van der Waals surface area contributed by atoms with E-state index < -0.39 is 0 Å². The number of H-pyrrole nitrogens is 1. The molecule has 1 aliphatic heterocycles. The zero-order valence-corrected chi connectivity index (χ0v) is 17.2. The highest BCUT2D eigenvalue weighted by molar-refractivity contribution is 5.98. The molecule has 1 amide bonds. The van der Waals surface area contributed by atoms with Crippen molar-refractivity contribution in [1.82, 2.24) is 9.88 Å². The fraction of sp³-hybridized carbons (Fsp3) is 0.375. The number of amides is 1. The third kappa shape index (κ3) is 2.71. The summed E-state index contributed by atoms with van der Waals surface area (Å²) in [5.74, 6) is 1.72. The number of hydrogen-bond donors (Lipinski definition) is 1. The summed E-state index contributed by atoms with van der Waals surface area (Å²) in [6.07, 6.45) is 2.68. The van der Waals surface area contributed by atoms with Crippen LogP contribution in [0.15, 0.2) is 36.4 Å². The Kier molecular flexibility index (Phi) is 4.09. The standard InChI is InChI=1S/C24H26N2O3/c1-15-22(18-6-4-5-7-19(18)25-15)24(9-10-24)23(27)26-11-8-16-12-20(28-2)21(29-3)13-17(16)14-26/h4-7,12-13,25H,8-11,14H2,1-3H3. The Balaban J connectivity index is 1.48. The van der Waals surface area contributed by atoms with Gasteiger partial charge in [0.1, 0.15) is 0 Å². The molecule has 2 aliphatic rings. The van der Waals surface area contributed by atoms with Gasteiger partial charge in [-0.25, -0.2) is 0 Å². The van der Waals surface area contributed by atoms with E-state index in [0.717, 1.165) is 48.3 Å². The molecule has 1 N–H and O–H groups in total. The predicted molar refractivity (Wildman–Crippen MR) is 113 cm³/mol. The molecule has 1 aliphatic carbocycles. The number of benzene rings is 2. The molecule has 0 saturated heterocycles. The first-order chi connectivity index (χ1) is 14.1. The summed E-state index contributed by atoms with van der Waals surface area (Å²) in [6.45, 7) is 3.45. The maximum atomic E-state index is 13.7. The Morgan fingerprint density at radius 3 is 2.45 bits per heavy atom. The van der Waals surface area contributed by atoms with Gasteiger partial charge in [-0.3, -0.25) is 4.79 Å². The van der Waals surface area contributed by atoms with Crippen LogP contribution in [0.2, 0.25) is 0 Å². The van der Waals surface area contributed by atoms with E-state index in [2.05, 4.69) is 30.1 Å². The molecule has 1 saturated carbocycles. The Morgan fingerprint density at radius 2 is 1.76 bits per heavy atom. The Labute approximate surface area is 170 Å². The largest absolute Gasteiger partial charge is 0.493 e. The molecule has 150 valence electrons. The van der Waals surface area contributed by atoms with E-state index >= 15 is 0 Å². The van der Waals surface area contributed by atoms with Crippen LogP contribution in [0.4, 0.5) is 0 Å². The molecule has 1 aromatic heterocycles. The van der Waals surface area contributed by atoms with Crippen molar-refractivity contribution in [3.63, 3.8) is 0 Å². The van der Waals surface area contributed by atoms with Gasteiger partial charge in [0.05, 0.1) is 19.6 Å². The number of aromatic amines is 1. The number of nitrogens with zero attached hydrogens (tertiary/aromatic N) is 1. The fourth-order valence-corrected chi connectivity index (χ4v) is 4.95. The number of aromatic nitrogens is 1. The zero-order chi connectivity index (χ0) is 20.2. The number of hydrogen-bond acceptors (Lipinski definition) is 3. The molecule has 0 atom stereocenters. The Morgan fingerprint density at radius 1 is 1.07 bits per heavy atom. The van der Waals surface area contributed by atoms with Crippen LogP contribution in [-0.2, 0) is 23.2 Å². The van der Waals surface area contributed by atoms with E-state index in [1.165, 1.54) is 16.5 Å². The second-order valence-electron chi connectivity index (χ2n) is 8.21. The lowest BCUT2D eigenvalue weighted by molar-refractivity contribution is -0.134. The second kappa shape index (κ2) is 6.55. The van der Waals surface area contributed by atoms with Gasteiger partial charge in [0.15, 0.2) is 11.5 Å². The van der Waals surface area contributed by atoms with E-state index in [0.29, 0.717) is 12.3 Å². The monoisotopic (exact) mass is 390 g/mol. The third-order valence-electron chi connectivity index (χ3n) is 6.54. The molecular formula is C24H26N2O3. The van der Waals surface area contributed by atoms with Gasteiger partial charge >= 0.3 is 0 Å². The number of ether oxygens (including phenoxy) is 2. The first kappa shape index (κ1) is 18.1. The van der Waals surface area contributed by atoms with Crippen LogP contribution >= 0.6 is 0 Å². The average molecular weight is 390 g/mol. The number of carbonyl (C=O) groups excluding carboxylic acids is 1. The van der Waals surface area contributed by atoms with Gasteiger partial charge in [0.25, 0.3) is 0 Å². The summed E-state index contributed by atoms with van der Waals surface area (Å²) in [4.78, 5) is 19.2. The lowest BCUT2D eigenvalue weighted by atomic mass is 9.90. The first-order valence-electron chi connectivity index (χ1n) is 10.2.